The number of aliphatic hydroxyl groups is 1. The van der Waals surface area contributed by atoms with E-state index in [4.69, 9.17) is 5.11 Å². The van der Waals surface area contributed by atoms with Crippen molar-refractivity contribution in [3.63, 3.8) is 0 Å². The van der Waals surface area contributed by atoms with E-state index in [9.17, 15) is 4.79 Å². The standard InChI is InChI=1S/C27H26N2O2S/c30-19-26(31)10-9-21-5-7-22(8-6-21)17-29(18-24-12-14-32-20-24)13-11-23-15-25-3-1-2-4-27(25)28-16-23/h1-10,12,14-16,20,30H,11,13,17-19H2/b10-9+. The maximum Gasteiger partial charge on any atom is 0.181 e. The highest BCUT2D eigenvalue weighted by atomic mass is 32.1. The highest BCUT2D eigenvalue weighted by molar-refractivity contribution is 7.07. The first-order valence-electron chi connectivity index (χ1n) is 10.7. The molecule has 32 heavy (non-hydrogen) atoms. The summed E-state index contributed by atoms with van der Waals surface area (Å²) in [7, 11) is 0. The Hall–Kier alpha value is -3.12. The van der Waals surface area contributed by atoms with Crippen LogP contribution in [0.1, 0.15) is 22.3 Å². The van der Waals surface area contributed by atoms with Crippen molar-refractivity contribution in [1.29, 1.82) is 0 Å². The number of rotatable bonds is 10. The first-order chi connectivity index (χ1) is 15.7. The van der Waals surface area contributed by atoms with Crippen LogP contribution in [0.2, 0.25) is 0 Å². The van der Waals surface area contributed by atoms with Crippen molar-refractivity contribution in [3.8, 4) is 0 Å². The quantitative estimate of drug-likeness (QED) is 0.347. The van der Waals surface area contributed by atoms with E-state index >= 15 is 0 Å². The smallest absolute Gasteiger partial charge is 0.181 e. The highest BCUT2D eigenvalue weighted by Gasteiger charge is 2.09. The predicted molar refractivity (Wildman–Crippen MR) is 131 cm³/mol. The van der Waals surface area contributed by atoms with Crippen LogP contribution in [0.3, 0.4) is 0 Å². The summed E-state index contributed by atoms with van der Waals surface area (Å²) in [6, 6.07) is 20.8. The van der Waals surface area contributed by atoms with Crippen LogP contribution in [-0.2, 0) is 24.3 Å². The average molecular weight is 443 g/mol. The Morgan fingerprint density at radius 2 is 1.81 bits per heavy atom. The van der Waals surface area contributed by atoms with E-state index in [-0.39, 0.29) is 5.78 Å². The van der Waals surface area contributed by atoms with Crippen molar-refractivity contribution < 1.29 is 9.90 Å². The number of pyridine rings is 1. The number of fused-ring (bicyclic) bond motifs is 1. The minimum absolute atomic E-state index is 0.292. The number of hydrogen-bond acceptors (Lipinski definition) is 5. The number of ketones is 1. The van der Waals surface area contributed by atoms with Gasteiger partial charge in [-0.15, -0.1) is 0 Å². The fourth-order valence-electron chi connectivity index (χ4n) is 3.63. The fraction of sp³-hybridized carbons (Fsp3) is 0.185. The first-order valence-corrected chi connectivity index (χ1v) is 11.6. The van der Waals surface area contributed by atoms with Crippen LogP contribution in [0.15, 0.2) is 83.7 Å². The molecule has 162 valence electrons. The Morgan fingerprint density at radius 1 is 1.00 bits per heavy atom. The minimum atomic E-state index is -0.459. The van der Waals surface area contributed by atoms with Crippen LogP contribution in [0.25, 0.3) is 17.0 Å². The Kier molecular flexibility index (Phi) is 7.56. The molecule has 4 aromatic rings. The molecule has 0 atom stereocenters. The minimum Gasteiger partial charge on any atom is -0.388 e. The second-order valence-electron chi connectivity index (χ2n) is 7.83. The lowest BCUT2D eigenvalue weighted by Gasteiger charge is -2.22. The lowest BCUT2D eigenvalue weighted by atomic mass is 10.1. The van der Waals surface area contributed by atoms with Crippen LogP contribution in [0, 0.1) is 0 Å². The Bertz CT molecular complexity index is 1180. The molecule has 0 amide bonds. The average Bonchev–Trinajstić information content (AvgIpc) is 3.35. The number of carbonyl (C=O) groups is 1. The summed E-state index contributed by atoms with van der Waals surface area (Å²) in [6.45, 7) is 2.22. The molecule has 0 fully saturated rings. The molecule has 4 rings (SSSR count). The molecule has 0 spiro atoms. The van der Waals surface area contributed by atoms with Gasteiger partial charge in [0.05, 0.1) is 5.52 Å². The van der Waals surface area contributed by atoms with Gasteiger partial charge in [-0.2, -0.15) is 11.3 Å². The number of thiophene rings is 1. The van der Waals surface area contributed by atoms with Gasteiger partial charge in [-0.05, 0) is 63.7 Å². The lowest BCUT2D eigenvalue weighted by molar-refractivity contribution is -0.117. The zero-order chi connectivity index (χ0) is 22.2. The van der Waals surface area contributed by atoms with Crippen LogP contribution < -0.4 is 0 Å². The third-order valence-corrected chi connectivity index (χ3v) is 6.09. The van der Waals surface area contributed by atoms with Gasteiger partial charge >= 0.3 is 0 Å². The van der Waals surface area contributed by atoms with Gasteiger partial charge < -0.3 is 5.11 Å². The van der Waals surface area contributed by atoms with Gasteiger partial charge in [0, 0.05) is 31.2 Å². The van der Waals surface area contributed by atoms with Gasteiger partial charge in [-0.3, -0.25) is 14.7 Å². The third kappa shape index (κ3) is 6.20. The summed E-state index contributed by atoms with van der Waals surface area (Å²) in [5, 5.41) is 14.3. The molecule has 0 bridgehead atoms. The number of aliphatic hydroxyl groups excluding tert-OH is 1. The predicted octanol–water partition coefficient (Wildman–Crippen LogP) is 5.12. The van der Waals surface area contributed by atoms with Gasteiger partial charge in [0.15, 0.2) is 5.78 Å². The summed E-state index contributed by atoms with van der Waals surface area (Å²) in [5.41, 5.74) is 5.77. The fourth-order valence-corrected chi connectivity index (χ4v) is 4.29. The van der Waals surface area contributed by atoms with E-state index in [1.807, 2.05) is 30.5 Å². The molecule has 0 aliphatic heterocycles. The monoisotopic (exact) mass is 442 g/mol. The molecule has 2 aromatic carbocycles. The summed E-state index contributed by atoms with van der Waals surface area (Å²) in [5.74, 6) is -0.292. The molecule has 0 aliphatic carbocycles. The topological polar surface area (TPSA) is 53.4 Å². The summed E-state index contributed by atoms with van der Waals surface area (Å²) in [6.07, 6.45) is 6.07. The zero-order valence-corrected chi connectivity index (χ0v) is 18.7. The number of benzene rings is 2. The number of hydrogen-bond donors (Lipinski definition) is 1. The SMILES string of the molecule is O=C(/C=C/c1ccc(CN(CCc2cnc3ccccc3c2)Cc2ccsc2)cc1)CO. The number of aromatic nitrogens is 1. The molecule has 0 unspecified atom stereocenters. The van der Waals surface area contributed by atoms with E-state index < -0.39 is 6.61 Å². The normalized spacial score (nSPS) is 11.6. The van der Waals surface area contributed by atoms with Crippen molar-refractivity contribution in [3.05, 3.63) is 106 Å². The molecule has 1 N–H and O–H groups in total. The largest absolute Gasteiger partial charge is 0.388 e. The maximum atomic E-state index is 11.3. The zero-order valence-electron chi connectivity index (χ0n) is 17.9. The molecule has 0 saturated heterocycles. The van der Waals surface area contributed by atoms with E-state index in [0.29, 0.717) is 0 Å². The van der Waals surface area contributed by atoms with Gasteiger partial charge in [0.1, 0.15) is 6.61 Å². The second kappa shape index (κ2) is 11.0. The van der Waals surface area contributed by atoms with Gasteiger partial charge in [-0.25, -0.2) is 0 Å². The molecule has 0 radical (unpaired) electrons. The summed E-state index contributed by atoms with van der Waals surface area (Å²) < 4.78 is 0. The van der Waals surface area contributed by atoms with E-state index in [1.54, 1.807) is 17.4 Å². The molecule has 2 aromatic heterocycles. The van der Waals surface area contributed by atoms with Gasteiger partial charge in [0.2, 0.25) is 0 Å². The molecule has 2 heterocycles. The molecular formula is C27H26N2O2S. The Balaban J connectivity index is 1.44. The maximum absolute atomic E-state index is 11.3. The van der Waals surface area contributed by atoms with Crippen molar-refractivity contribution >= 4 is 34.1 Å². The van der Waals surface area contributed by atoms with E-state index in [0.717, 1.165) is 37.1 Å². The molecule has 0 saturated carbocycles. The van der Waals surface area contributed by atoms with Gasteiger partial charge in [-0.1, -0.05) is 48.5 Å². The summed E-state index contributed by atoms with van der Waals surface area (Å²) >= 11 is 1.73. The van der Waals surface area contributed by atoms with Crippen LogP contribution >= 0.6 is 11.3 Å². The highest BCUT2D eigenvalue weighted by Crippen LogP contribution is 2.17. The van der Waals surface area contributed by atoms with Crippen LogP contribution in [0.5, 0.6) is 0 Å². The van der Waals surface area contributed by atoms with Crippen LogP contribution in [-0.4, -0.2) is 33.9 Å². The molecular weight excluding hydrogens is 416 g/mol. The van der Waals surface area contributed by atoms with Crippen molar-refractivity contribution in [2.75, 3.05) is 13.2 Å². The second-order valence-corrected chi connectivity index (χ2v) is 8.61. The number of nitrogens with zero attached hydrogens (tertiary/aromatic N) is 2. The molecule has 5 heteroatoms. The van der Waals surface area contributed by atoms with Gasteiger partial charge in [0.25, 0.3) is 0 Å². The van der Waals surface area contributed by atoms with E-state index in [1.165, 1.54) is 28.2 Å². The number of para-hydroxylation sites is 1. The Morgan fingerprint density at radius 3 is 2.59 bits per heavy atom. The molecule has 0 aliphatic rings. The molecule has 4 nitrogen and oxygen atoms in total. The van der Waals surface area contributed by atoms with Crippen molar-refractivity contribution in [1.82, 2.24) is 9.88 Å². The first kappa shape index (κ1) is 22.1. The van der Waals surface area contributed by atoms with Crippen molar-refractivity contribution in [2.24, 2.45) is 0 Å². The van der Waals surface area contributed by atoms with Crippen molar-refractivity contribution in [2.45, 2.75) is 19.5 Å². The Labute approximate surface area is 192 Å². The number of carbonyl (C=O) groups excluding carboxylic acids is 1. The van der Waals surface area contributed by atoms with Crippen LogP contribution in [0.4, 0.5) is 0 Å². The lowest BCUT2D eigenvalue weighted by Crippen LogP contribution is -2.25. The summed E-state index contributed by atoms with van der Waals surface area (Å²) in [4.78, 5) is 18.3. The third-order valence-electron chi connectivity index (χ3n) is 5.35. The van der Waals surface area contributed by atoms with E-state index in [2.05, 4.69) is 57.0 Å².